The van der Waals surface area contributed by atoms with Crippen LogP contribution >= 0.6 is 11.3 Å². The van der Waals surface area contributed by atoms with Gasteiger partial charge in [0.2, 0.25) is 5.88 Å². The first-order valence-corrected chi connectivity index (χ1v) is 6.61. The Morgan fingerprint density at radius 2 is 1.53 bits per heavy atom. The molecule has 2 aromatic carbocycles. The van der Waals surface area contributed by atoms with Crippen molar-refractivity contribution in [2.24, 2.45) is 0 Å². The largest absolute Gasteiger partial charge is 0.507 e. The molecular formula is C15H11NO2S. The van der Waals surface area contributed by atoms with E-state index in [1.807, 2.05) is 36.4 Å². The van der Waals surface area contributed by atoms with Crippen LogP contribution in [0.15, 0.2) is 54.6 Å². The van der Waals surface area contributed by atoms with Gasteiger partial charge in [-0.05, 0) is 12.1 Å². The highest BCUT2D eigenvalue weighted by molar-refractivity contribution is 7.18. The van der Waals surface area contributed by atoms with E-state index < -0.39 is 0 Å². The Labute approximate surface area is 114 Å². The molecule has 2 N–H and O–H groups in total. The summed E-state index contributed by atoms with van der Waals surface area (Å²) in [5, 5.41) is 20.5. The molecule has 0 fully saturated rings. The molecule has 0 amide bonds. The third-order valence-corrected chi connectivity index (χ3v) is 3.91. The van der Waals surface area contributed by atoms with Gasteiger partial charge in [-0.15, -0.1) is 11.3 Å². The van der Waals surface area contributed by atoms with E-state index in [1.165, 1.54) is 11.3 Å². The first-order valence-electron chi connectivity index (χ1n) is 5.79. The second-order valence-corrected chi connectivity index (χ2v) is 5.05. The van der Waals surface area contributed by atoms with Gasteiger partial charge in [-0.3, -0.25) is 0 Å². The Balaban J connectivity index is 2.11. The fourth-order valence-electron chi connectivity index (χ4n) is 1.86. The molecule has 0 radical (unpaired) electrons. The molecule has 0 bridgehead atoms. The van der Waals surface area contributed by atoms with Gasteiger partial charge in [-0.25, -0.2) is 4.98 Å². The van der Waals surface area contributed by atoms with Gasteiger partial charge in [0.1, 0.15) is 15.6 Å². The quantitative estimate of drug-likeness (QED) is 0.742. The fourth-order valence-corrected chi connectivity index (χ4v) is 2.86. The predicted molar refractivity (Wildman–Crippen MR) is 76.3 cm³/mol. The lowest BCUT2D eigenvalue weighted by Crippen LogP contribution is -1.75. The smallest absolute Gasteiger partial charge is 0.230 e. The number of hydrogen-bond donors (Lipinski definition) is 2. The third kappa shape index (κ3) is 2.18. The molecule has 19 heavy (non-hydrogen) atoms. The number of aromatic nitrogens is 1. The van der Waals surface area contributed by atoms with Gasteiger partial charge in [0.25, 0.3) is 0 Å². The van der Waals surface area contributed by atoms with Crippen molar-refractivity contribution >= 4 is 11.3 Å². The minimum Gasteiger partial charge on any atom is -0.507 e. The number of phenols is 1. The Bertz CT molecular complexity index is 707. The second-order valence-electron chi connectivity index (χ2n) is 4.05. The molecule has 0 aliphatic carbocycles. The summed E-state index contributed by atoms with van der Waals surface area (Å²) < 4.78 is 0. The molecule has 3 nitrogen and oxygen atoms in total. The van der Waals surface area contributed by atoms with Crippen LogP contribution in [-0.2, 0) is 0 Å². The highest BCUT2D eigenvalue weighted by Crippen LogP contribution is 2.42. The van der Waals surface area contributed by atoms with Crippen molar-refractivity contribution in [1.82, 2.24) is 4.98 Å². The summed E-state index contributed by atoms with van der Waals surface area (Å²) >= 11 is 1.36. The van der Waals surface area contributed by atoms with Crippen LogP contribution in [0, 0.1) is 0 Å². The van der Waals surface area contributed by atoms with E-state index in [1.54, 1.807) is 18.2 Å². The first-order chi connectivity index (χ1) is 9.25. The van der Waals surface area contributed by atoms with Crippen LogP contribution in [0.25, 0.3) is 21.0 Å². The van der Waals surface area contributed by atoms with E-state index in [2.05, 4.69) is 4.98 Å². The minimum atomic E-state index is -0.0506. The van der Waals surface area contributed by atoms with E-state index in [4.69, 9.17) is 0 Å². The van der Waals surface area contributed by atoms with Gasteiger partial charge < -0.3 is 10.2 Å². The van der Waals surface area contributed by atoms with Gasteiger partial charge >= 0.3 is 0 Å². The summed E-state index contributed by atoms with van der Waals surface area (Å²) in [6.07, 6.45) is 0. The van der Waals surface area contributed by atoms with Crippen LogP contribution in [0.3, 0.4) is 0 Å². The zero-order chi connectivity index (χ0) is 13.2. The monoisotopic (exact) mass is 269 g/mol. The number of rotatable bonds is 2. The maximum atomic E-state index is 9.96. The van der Waals surface area contributed by atoms with Crippen LogP contribution < -0.4 is 0 Å². The third-order valence-electron chi connectivity index (χ3n) is 2.78. The van der Waals surface area contributed by atoms with Crippen molar-refractivity contribution in [3.63, 3.8) is 0 Å². The SMILES string of the molecule is Oc1ccccc1-c1sc(-c2ccccc2)nc1O. The molecule has 1 aromatic heterocycles. The van der Waals surface area contributed by atoms with Crippen molar-refractivity contribution in [3.8, 4) is 32.6 Å². The number of benzene rings is 2. The van der Waals surface area contributed by atoms with Crippen molar-refractivity contribution in [2.45, 2.75) is 0 Å². The highest BCUT2D eigenvalue weighted by atomic mass is 32.1. The lowest BCUT2D eigenvalue weighted by molar-refractivity contribution is 0.456. The first kappa shape index (κ1) is 11.7. The summed E-state index contributed by atoms with van der Waals surface area (Å²) in [7, 11) is 0. The second kappa shape index (κ2) is 4.74. The number of phenolic OH excluding ortho intramolecular Hbond substituents is 1. The predicted octanol–water partition coefficient (Wildman–Crippen LogP) is 3.89. The Kier molecular flexibility index (Phi) is 2.93. The van der Waals surface area contributed by atoms with Crippen LogP contribution in [0.5, 0.6) is 11.6 Å². The van der Waals surface area contributed by atoms with Gasteiger partial charge in [0, 0.05) is 11.1 Å². The maximum absolute atomic E-state index is 9.96. The molecule has 94 valence electrons. The summed E-state index contributed by atoms with van der Waals surface area (Å²) in [6.45, 7) is 0. The molecule has 0 unspecified atom stereocenters. The average Bonchev–Trinajstić information content (AvgIpc) is 2.82. The Hall–Kier alpha value is -2.33. The molecule has 4 heteroatoms. The van der Waals surface area contributed by atoms with E-state index in [9.17, 15) is 10.2 Å². The highest BCUT2D eigenvalue weighted by Gasteiger charge is 2.15. The fraction of sp³-hybridized carbons (Fsp3) is 0. The van der Waals surface area contributed by atoms with Crippen LogP contribution in [0.1, 0.15) is 0 Å². The summed E-state index contributed by atoms with van der Waals surface area (Å²) in [4.78, 5) is 4.74. The summed E-state index contributed by atoms with van der Waals surface area (Å²) in [5.41, 5.74) is 1.55. The molecule has 1 heterocycles. The lowest BCUT2D eigenvalue weighted by atomic mass is 10.2. The standard InChI is InChI=1S/C15H11NO2S/c17-12-9-5-4-8-11(12)13-14(18)16-15(19-13)10-6-2-1-3-7-10/h1-9,17-18H. The number of thiazole rings is 1. The minimum absolute atomic E-state index is 0.0506. The average molecular weight is 269 g/mol. The molecule has 0 atom stereocenters. The normalized spacial score (nSPS) is 10.5. The summed E-state index contributed by atoms with van der Waals surface area (Å²) in [5.74, 6) is 0.0893. The van der Waals surface area contributed by atoms with E-state index >= 15 is 0 Å². The number of hydrogen-bond acceptors (Lipinski definition) is 4. The maximum Gasteiger partial charge on any atom is 0.230 e. The van der Waals surface area contributed by atoms with Gasteiger partial charge in [-0.1, -0.05) is 42.5 Å². The van der Waals surface area contributed by atoms with Crippen molar-refractivity contribution < 1.29 is 10.2 Å². The molecule has 0 aliphatic heterocycles. The van der Waals surface area contributed by atoms with Crippen molar-refractivity contribution in [3.05, 3.63) is 54.6 Å². The lowest BCUT2D eigenvalue weighted by Gasteiger charge is -2.00. The molecule has 3 rings (SSSR count). The number of para-hydroxylation sites is 1. The topological polar surface area (TPSA) is 53.4 Å². The molecular weight excluding hydrogens is 258 g/mol. The zero-order valence-corrected chi connectivity index (χ0v) is 10.8. The van der Waals surface area contributed by atoms with Crippen molar-refractivity contribution in [1.29, 1.82) is 0 Å². The zero-order valence-electron chi connectivity index (χ0n) is 9.95. The molecule has 0 saturated carbocycles. The van der Waals surface area contributed by atoms with E-state index in [-0.39, 0.29) is 11.6 Å². The van der Waals surface area contributed by atoms with Crippen LogP contribution in [0.2, 0.25) is 0 Å². The van der Waals surface area contributed by atoms with Gasteiger partial charge in [-0.2, -0.15) is 0 Å². The van der Waals surface area contributed by atoms with Crippen molar-refractivity contribution in [2.75, 3.05) is 0 Å². The summed E-state index contributed by atoms with van der Waals surface area (Å²) in [6, 6.07) is 16.6. The molecule has 0 spiro atoms. The van der Waals surface area contributed by atoms with E-state index in [0.717, 1.165) is 10.6 Å². The van der Waals surface area contributed by atoms with Crippen LogP contribution in [0.4, 0.5) is 0 Å². The molecule has 0 aliphatic rings. The Morgan fingerprint density at radius 1 is 0.842 bits per heavy atom. The van der Waals surface area contributed by atoms with Gasteiger partial charge in [0.15, 0.2) is 0 Å². The molecule has 3 aromatic rings. The van der Waals surface area contributed by atoms with Crippen LogP contribution in [-0.4, -0.2) is 15.2 Å². The van der Waals surface area contributed by atoms with E-state index in [0.29, 0.717) is 10.4 Å². The van der Waals surface area contributed by atoms with Gasteiger partial charge in [0.05, 0.1) is 0 Å². The number of nitrogens with zero attached hydrogens (tertiary/aromatic N) is 1. The number of aromatic hydroxyl groups is 2. The molecule has 0 saturated heterocycles. The Morgan fingerprint density at radius 3 is 2.26 bits per heavy atom.